The zero-order chi connectivity index (χ0) is 13.5. The largest absolute Gasteiger partial charge is 0.465 e. The van der Waals surface area contributed by atoms with Crippen LogP contribution >= 0.6 is 0 Å². The highest BCUT2D eigenvalue weighted by molar-refractivity contribution is 7.91. The van der Waals surface area contributed by atoms with Gasteiger partial charge in [0.15, 0.2) is 9.84 Å². The van der Waals surface area contributed by atoms with Crippen molar-refractivity contribution in [2.24, 2.45) is 0 Å². The molecule has 1 amide bonds. The number of ether oxygens (including phenoxy) is 1. The summed E-state index contributed by atoms with van der Waals surface area (Å²) in [5.41, 5.74) is 0.703. The minimum absolute atomic E-state index is 0.0615. The number of carbonyl (C=O) groups excluding carboxylic acids is 2. The molecule has 0 aromatic heterocycles. The molecule has 7 heteroatoms. The van der Waals surface area contributed by atoms with E-state index in [4.69, 9.17) is 0 Å². The fraction of sp³-hybridized carbons (Fsp3) is 0.273. The molecule has 0 aliphatic carbocycles. The first-order valence-corrected chi connectivity index (χ1v) is 6.76. The summed E-state index contributed by atoms with van der Waals surface area (Å²) in [5, 5.41) is 2.28. The van der Waals surface area contributed by atoms with Crippen LogP contribution in [0.2, 0.25) is 0 Å². The number of carbonyl (C=O) groups is 2. The Bertz CT molecular complexity index is 648. The maximum absolute atomic E-state index is 11.8. The van der Waals surface area contributed by atoms with Gasteiger partial charge in [-0.25, -0.2) is 13.2 Å². The highest BCUT2D eigenvalue weighted by atomic mass is 32.2. The zero-order valence-electron chi connectivity index (χ0n) is 9.81. The number of hydrogen-bond donors (Lipinski definition) is 1. The van der Waals surface area contributed by atoms with Crippen LogP contribution < -0.4 is 5.32 Å². The van der Waals surface area contributed by atoms with Gasteiger partial charge in [-0.2, -0.15) is 0 Å². The van der Waals surface area contributed by atoms with E-state index in [1.807, 2.05) is 0 Å². The summed E-state index contributed by atoms with van der Waals surface area (Å²) in [7, 11) is -2.38. The number of sulfone groups is 1. The lowest BCUT2D eigenvalue weighted by Gasteiger charge is -2.18. The number of amides is 1. The first-order chi connectivity index (χ1) is 8.36. The van der Waals surface area contributed by atoms with E-state index in [2.05, 4.69) is 10.1 Å². The first kappa shape index (κ1) is 12.6. The number of rotatable bonds is 1. The van der Waals surface area contributed by atoms with Crippen LogP contribution in [-0.2, 0) is 14.6 Å². The molecule has 0 fully saturated rings. The van der Waals surface area contributed by atoms with Gasteiger partial charge >= 0.3 is 5.97 Å². The third kappa shape index (κ3) is 1.86. The minimum atomic E-state index is -3.60. The predicted octanol–water partition coefficient (Wildman–Crippen LogP) is 0.256. The lowest BCUT2D eigenvalue weighted by Crippen LogP contribution is -2.36. The van der Waals surface area contributed by atoms with Crippen molar-refractivity contribution in [2.45, 2.75) is 11.8 Å². The molecule has 1 N–H and O–H groups in total. The molecular weight excluding hydrogens is 258 g/mol. The van der Waals surface area contributed by atoms with Crippen LogP contribution in [0.4, 0.5) is 0 Å². The smallest absolute Gasteiger partial charge is 0.338 e. The third-order valence-corrected chi connectivity index (χ3v) is 4.27. The van der Waals surface area contributed by atoms with Crippen LogP contribution in [0.25, 0.3) is 0 Å². The number of benzene rings is 1. The zero-order valence-corrected chi connectivity index (χ0v) is 10.6. The number of hydrogen-bond acceptors (Lipinski definition) is 5. The van der Waals surface area contributed by atoms with Gasteiger partial charge in [-0.15, -0.1) is 0 Å². The lowest BCUT2D eigenvalue weighted by atomic mass is 10.0. The average Bonchev–Trinajstić information content (AvgIpc) is 2.33. The Morgan fingerprint density at radius 1 is 1.39 bits per heavy atom. The van der Waals surface area contributed by atoms with E-state index >= 15 is 0 Å². The van der Waals surface area contributed by atoms with Gasteiger partial charge in [-0.1, -0.05) is 0 Å². The van der Waals surface area contributed by atoms with Gasteiger partial charge in [0.25, 0.3) is 5.91 Å². The molecule has 2 rings (SSSR count). The molecule has 6 nitrogen and oxygen atoms in total. The van der Waals surface area contributed by atoms with Crippen molar-refractivity contribution in [2.75, 3.05) is 13.0 Å². The fourth-order valence-electron chi connectivity index (χ4n) is 1.79. The molecule has 0 atom stereocenters. The van der Waals surface area contributed by atoms with Crippen molar-refractivity contribution in [1.82, 2.24) is 5.32 Å². The molecule has 0 spiro atoms. The molecule has 18 heavy (non-hydrogen) atoms. The molecule has 1 aliphatic rings. The Balaban J connectivity index is 2.73. The number of fused-ring (bicyclic) bond motifs is 1. The summed E-state index contributed by atoms with van der Waals surface area (Å²) in [5.74, 6) is -1.54. The Hall–Kier alpha value is -1.89. The van der Waals surface area contributed by atoms with Gasteiger partial charge in [0.05, 0.1) is 23.1 Å². The molecule has 0 saturated carbocycles. The van der Waals surface area contributed by atoms with Gasteiger partial charge in [0.2, 0.25) is 0 Å². The van der Waals surface area contributed by atoms with Crippen molar-refractivity contribution >= 4 is 21.7 Å². The van der Waals surface area contributed by atoms with Gasteiger partial charge in [-0.05, 0) is 24.6 Å². The molecule has 1 heterocycles. The van der Waals surface area contributed by atoms with E-state index in [-0.39, 0.29) is 16.0 Å². The van der Waals surface area contributed by atoms with Gasteiger partial charge in [-0.3, -0.25) is 4.79 Å². The molecule has 0 bridgehead atoms. The van der Waals surface area contributed by atoms with Gasteiger partial charge in [0, 0.05) is 0 Å². The third-order valence-electron chi connectivity index (χ3n) is 2.73. The molecule has 0 radical (unpaired) electrons. The first-order valence-electron chi connectivity index (χ1n) is 5.11. The molecule has 96 valence electrons. The molecule has 0 unspecified atom stereocenters. The van der Waals surface area contributed by atoms with E-state index in [0.717, 1.165) is 0 Å². The van der Waals surface area contributed by atoms with Crippen molar-refractivity contribution in [3.05, 3.63) is 28.8 Å². The van der Waals surface area contributed by atoms with E-state index in [1.165, 1.54) is 19.2 Å². The maximum atomic E-state index is 11.8. The SMILES string of the molecule is COC(=O)c1cc2c(cc1C)C(=O)NCS2(=O)=O. The second kappa shape index (κ2) is 4.09. The van der Waals surface area contributed by atoms with Crippen molar-refractivity contribution in [3.63, 3.8) is 0 Å². The second-order valence-corrected chi connectivity index (χ2v) is 5.88. The fourth-order valence-corrected chi connectivity index (χ4v) is 3.05. The van der Waals surface area contributed by atoms with Crippen LogP contribution in [-0.4, -0.2) is 33.3 Å². The van der Waals surface area contributed by atoms with Crippen LogP contribution in [0.5, 0.6) is 0 Å². The Labute approximate surface area is 104 Å². The Kier molecular flexibility index (Phi) is 2.86. The standard InChI is InChI=1S/C11H11NO5S/c1-6-3-8-9(4-7(6)11(14)17-2)18(15,16)5-12-10(8)13/h3-4H,5H2,1-2H3,(H,12,13). The second-order valence-electron chi connectivity index (χ2n) is 3.92. The number of nitrogens with one attached hydrogen (secondary N) is 1. The monoisotopic (exact) mass is 269 g/mol. The highest BCUT2D eigenvalue weighted by Gasteiger charge is 2.30. The van der Waals surface area contributed by atoms with E-state index < -0.39 is 27.6 Å². The Morgan fingerprint density at radius 2 is 2.06 bits per heavy atom. The number of esters is 1. The van der Waals surface area contributed by atoms with Gasteiger partial charge in [0.1, 0.15) is 5.88 Å². The lowest BCUT2D eigenvalue weighted by molar-refractivity contribution is 0.0599. The van der Waals surface area contributed by atoms with Crippen LogP contribution in [0.3, 0.4) is 0 Å². The summed E-state index contributed by atoms with van der Waals surface area (Å²) < 4.78 is 28.2. The summed E-state index contributed by atoms with van der Waals surface area (Å²) in [6.45, 7) is 1.61. The summed E-state index contributed by atoms with van der Waals surface area (Å²) in [4.78, 5) is 23.0. The number of aryl methyl sites for hydroxylation is 1. The summed E-state index contributed by atoms with van der Waals surface area (Å²) in [6, 6.07) is 2.58. The van der Waals surface area contributed by atoms with Crippen LogP contribution in [0.1, 0.15) is 26.3 Å². The van der Waals surface area contributed by atoms with E-state index in [1.54, 1.807) is 6.92 Å². The summed E-state index contributed by atoms with van der Waals surface area (Å²) in [6.07, 6.45) is 0. The molecular formula is C11H11NO5S. The van der Waals surface area contributed by atoms with Crippen LogP contribution in [0.15, 0.2) is 17.0 Å². The van der Waals surface area contributed by atoms with Crippen molar-refractivity contribution < 1.29 is 22.7 Å². The topological polar surface area (TPSA) is 89.5 Å². The quantitative estimate of drug-likeness (QED) is 0.738. The highest BCUT2D eigenvalue weighted by Crippen LogP contribution is 2.25. The molecule has 1 aromatic rings. The normalized spacial score (nSPS) is 16.7. The molecule has 0 saturated heterocycles. The summed E-state index contributed by atoms with van der Waals surface area (Å²) >= 11 is 0. The van der Waals surface area contributed by atoms with Crippen molar-refractivity contribution in [3.8, 4) is 0 Å². The van der Waals surface area contributed by atoms with Crippen LogP contribution in [0, 0.1) is 6.92 Å². The van der Waals surface area contributed by atoms with Gasteiger partial charge < -0.3 is 10.1 Å². The van der Waals surface area contributed by atoms with E-state index in [9.17, 15) is 18.0 Å². The van der Waals surface area contributed by atoms with E-state index in [0.29, 0.717) is 5.56 Å². The maximum Gasteiger partial charge on any atom is 0.338 e. The minimum Gasteiger partial charge on any atom is -0.465 e. The Morgan fingerprint density at radius 3 is 2.67 bits per heavy atom. The number of methoxy groups -OCH3 is 1. The average molecular weight is 269 g/mol. The van der Waals surface area contributed by atoms with Crippen molar-refractivity contribution in [1.29, 1.82) is 0 Å². The molecule has 1 aromatic carbocycles. The molecule has 1 aliphatic heterocycles. The predicted molar refractivity (Wildman–Crippen MR) is 62.0 cm³/mol.